The molecule has 0 unspecified atom stereocenters. The largest absolute Gasteiger partial charge is 0.485 e. The molecule has 26 heavy (non-hydrogen) atoms. The smallest absolute Gasteiger partial charge is 0.317 e. The Morgan fingerprint density at radius 1 is 1.31 bits per heavy atom. The minimum Gasteiger partial charge on any atom is -0.485 e. The number of urea groups is 1. The molecule has 0 saturated heterocycles. The lowest BCUT2D eigenvalue weighted by atomic mass is 10.2. The lowest BCUT2D eigenvalue weighted by Crippen LogP contribution is -2.48. The molecule has 2 aromatic rings. The maximum Gasteiger partial charge on any atom is 0.317 e. The minimum atomic E-state index is -0.129. The number of hydrogen-bond acceptors (Lipinski definition) is 3. The fraction of sp³-hybridized carbons (Fsp3) is 0.350. The van der Waals surface area contributed by atoms with E-state index >= 15 is 0 Å². The van der Waals surface area contributed by atoms with Gasteiger partial charge in [-0.1, -0.05) is 35.9 Å². The molecule has 3 rings (SSSR count). The Morgan fingerprint density at radius 3 is 2.88 bits per heavy atom. The van der Waals surface area contributed by atoms with Crippen molar-refractivity contribution in [3.8, 4) is 5.75 Å². The maximum atomic E-state index is 12.4. The molecule has 1 heterocycles. The fourth-order valence-electron chi connectivity index (χ4n) is 3.12. The molecular formula is C20H24ClN3O2. The number of benzene rings is 2. The third-order valence-electron chi connectivity index (χ3n) is 4.46. The molecule has 0 aromatic heterocycles. The van der Waals surface area contributed by atoms with Crippen LogP contribution in [0.5, 0.6) is 5.75 Å². The van der Waals surface area contributed by atoms with Gasteiger partial charge in [0.1, 0.15) is 11.9 Å². The Labute approximate surface area is 159 Å². The summed E-state index contributed by atoms with van der Waals surface area (Å²) in [4.78, 5) is 16.3. The predicted molar refractivity (Wildman–Crippen MR) is 105 cm³/mol. The molecule has 6 heteroatoms. The number of halogens is 1. The van der Waals surface area contributed by atoms with Gasteiger partial charge in [-0.3, -0.25) is 0 Å². The molecule has 2 aromatic carbocycles. The number of carbonyl (C=O) groups is 1. The van der Waals surface area contributed by atoms with Crippen LogP contribution in [0.15, 0.2) is 48.5 Å². The number of para-hydroxylation sites is 2. The van der Waals surface area contributed by atoms with Crippen molar-refractivity contribution < 1.29 is 9.53 Å². The highest BCUT2D eigenvalue weighted by Crippen LogP contribution is 2.32. The second-order valence-corrected chi connectivity index (χ2v) is 6.85. The molecule has 0 radical (unpaired) electrons. The monoisotopic (exact) mass is 373 g/mol. The number of rotatable bonds is 5. The molecule has 0 bridgehead atoms. The molecule has 1 atom stereocenters. The molecule has 2 amide bonds. The normalized spacial score (nSPS) is 15.8. The van der Waals surface area contributed by atoms with E-state index in [9.17, 15) is 4.79 Å². The topological polar surface area (TPSA) is 44.8 Å². The Kier molecular flexibility index (Phi) is 5.89. The number of fused-ring (bicyclic) bond motifs is 1. The van der Waals surface area contributed by atoms with E-state index in [4.69, 9.17) is 16.3 Å². The van der Waals surface area contributed by atoms with E-state index in [-0.39, 0.29) is 12.1 Å². The molecular weight excluding hydrogens is 350 g/mol. The molecule has 1 N–H and O–H groups in total. The van der Waals surface area contributed by atoms with Crippen molar-refractivity contribution in [3.63, 3.8) is 0 Å². The van der Waals surface area contributed by atoms with Crippen molar-refractivity contribution in [2.24, 2.45) is 0 Å². The summed E-state index contributed by atoms with van der Waals surface area (Å²) >= 11 is 5.98. The first-order valence-electron chi connectivity index (χ1n) is 8.81. The Bertz CT molecular complexity index is 768. The number of nitrogens with one attached hydrogen (secondary N) is 1. The highest BCUT2D eigenvalue weighted by molar-refractivity contribution is 6.30. The van der Waals surface area contributed by atoms with Crippen molar-refractivity contribution in [1.29, 1.82) is 0 Å². The average Bonchev–Trinajstić information content (AvgIpc) is 2.65. The predicted octanol–water partition coefficient (Wildman–Crippen LogP) is 3.77. The van der Waals surface area contributed by atoms with Crippen molar-refractivity contribution in [2.75, 3.05) is 31.6 Å². The van der Waals surface area contributed by atoms with E-state index in [2.05, 4.69) is 23.2 Å². The number of carbonyl (C=O) groups excluding carboxylic acids is 1. The van der Waals surface area contributed by atoms with Gasteiger partial charge in [0.25, 0.3) is 0 Å². The first kappa shape index (κ1) is 18.4. The van der Waals surface area contributed by atoms with Crippen molar-refractivity contribution in [2.45, 2.75) is 19.6 Å². The summed E-state index contributed by atoms with van der Waals surface area (Å²) in [6.45, 7) is 4.76. The van der Waals surface area contributed by atoms with Crippen molar-refractivity contribution >= 4 is 23.3 Å². The van der Waals surface area contributed by atoms with Gasteiger partial charge in [-0.25, -0.2) is 4.79 Å². The third kappa shape index (κ3) is 4.41. The SMILES string of the molecule is CCN1C[C@H](CN(C)C(=O)NCc2cccc(Cl)c2)Oc2ccccc21. The molecule has 0 aliphatic carbocycles. The summed E-state index contributed by atoms with van der Waals surface area (Å²) in [6.07, 6.45) is -0.0632. The number of anilines is 1. The maximum absolute atomic E-state index is 12.4. The van der Waals surface area contributed by atoms with E-state index in [1.54, 1.807) is 11.9 Å². The highest BCUT2D eigenvalue weighted by atomic mass is 35.5. The van der Waals surface area contributed by atoms with Crippen molar-refractivity contribution in [1.82, 2.24) is 10.2 Å². The number of likely N-dealkylation sites (N-methyl/N-ethyl adjacent to an activating group) is 2. The molecule has 1 aliphatic rings. The Hall–Kier alpha value is -2.40. The van der Waals surface area contributed by atoms with Gasteiger partial charge >= 0.3 is 6.03 Å². The van der Waals surface area contributed by atoms with E-state index in [0.29, 0.717) is 18.1 Å². The summed E-state index contributed by atoms with van der Waals surface area (Å²) in [5, 5.41) is 3.58. The number of amides is 2. The second-order valence-electron chi connectivity index (χ2n) is 6.42. The summed E-state index contributed by atoms with van der Waals surface area (Å²) in [6, 6.07) is 15.4. The van der Waals surface area contributed by atoms with Gasteiger partial charge in [0.15, 0.2) is 0 Å². The number of hydrogen-bond donors (Lipinski definition) is 1. The van der Waals surface area contributed by atoms with E-state index < -0.39 is 0 Å². The van der Waals surface area contributed by atoms with Gasteiger partial charge in [-0.2, -0.15) is 0 Å². The standard InChI is InChI=1S/C20H24ClN3O2/c1-3-24-14-17(26-19-10-5-4-9-18(19)24)13-23(2)20(25)22-12-15-7-6-8-16(21)11-15/h4-11,17H,3,12-14H2,1-2H3,(H,22,25)/t17-/m0/s1. The van der Waals surface area contributed by atoms with Crippen LogP contribution in [0.4, 0.5) is 10.5 Å². The van der Waals surface area contributed by atoms with Crippen LogP contribution in [-0.4, -0.2) is 43.7 Å². The van der Waals surface area contributed by atoms with Gasteiger partial charge in [0, 0.05) is 25.2 Å². The second kappa shape index (κ2) is 8.32. The number of ether oxygens (including phenoxy) is 1. The third-order valence-corrected chi connectivity index (χ3v) is 4.70. The average molecular weight is 374 g/mol. The van der Waals surface area contributed by atoms with Gasteiger partial charge in [0.05, 0.1) is 18.8 Å². The minimum absolute atomic E-state index is 0.0632. The van der Waals surface area contributed by atoms with Crippen LogP contribution in [0.1, 0.15) is 12.5 Å². The first-order valence-corrected chi connectivity index (χ1v) is 9.18. The lowest BCUT2D eigenvalue weighted by molar-refractivity contribution is 0.145. The van der Waals surface area contributed by atoms with Crippen LogP contribution in [0.3, 0.4) is 0 Å². The van der Waals surface area contributed by atoms with Gasteiger partial charge in [-0.15, -0.1) is 0 Å². The quantitative estimate of drug-likeness (QED) is 0.867. The van der Waals surface area contributed by atoms with Crippen LogP contribution in [0.2, 0.25) is 5.02 Å². The Balaban J connectivity index is 1.56. The first-order chi connectivity index (χ1) is 12.6. The van der Waals surface area contributed by atoms with Crippen LogP contribution in [-0.2, 0) is 6.54 Å². The van der Waals surface area contributed by atoms with Crippen LogP contribution < -0.4 is 15.0 Å². The zero-order valence-corrected chi connectivity index (χ0v) is 15.9. The van der Waals surface area contributed by atoms with Gasteiger partial charge in [0.2, 0.25) is 0 Å². The fourth-order valence-corrected chi connectivity index (χ4v) is 3.33. The highest BCUT2D eigenvalue weighted by Gasteiger charge is 2.26. The van der Waals surface area contributed by atoms with Crippen molar-refractivity contribution in [3.05, 3.63) is 59.1 Å². The molecule has 0 saturated carbocycles. The van der Waals surface area contributed by atoms with E-state index in [1.165, 1.54) is 0 Å². The summed E-state index contributed by atoms with van der Waals surface area (Å²) in [5.41, 5.74) is 2.08. The van der Waals surface area contributed by atoms with Crippen LogP contribution >= 0.6 is 11.6 Å². The lowest BCUT2D eigenvalue weighted by Gasteiger charge is -2.37. The van der Waals surface area contributed by atoms with Gasteiger partial charge < -0.3 is 19.9 Å². The molecule has 138 valence electrons. The van der Waals surface area contributed by atoms with Crippen LogP contribution in [0, 0.1) is 0 Å². The number of nitrogens with zero attached hydrogens (tertiary/aromatic N) is 2. The molecule has 1 aliphatic heterocycles. The van der Waals surface area contributed by atoms with E-state index in [0.717, 1.165) is 30.1 Å². The summed E-state index contributed by atoms with van der Waals surface area (Å²) in [7, 11) is 1.79. The zero-order chi connectivity index (χ0) is 18.5. The summed E-state index contributed by atoms with van der Waals surface area (Å²) in [5.74, 6) is 0.873. The zero-order valence-electron chi connectivity index (χ0n) is 15.1. The van der Waals surface area contributed by atoms with Crippen LogP contribution in [0.25, 0.3) is 0 Å². The molecule has 0 spiro atoms. The van der Waals surface area contributed by atoms with Gasteiger partial charge in [-0.05, 0) is 36.8 Å². The Morgan fingerprint density at radius 2 is 2.12 bits per heavy atom. The summed E-state index contributed by atoms with van der Waals surface area (Å²) < 4.78 is 6.08. The molecule has 0 fully saturated rings. The van der Waals surface area contributed by atoms with E-state index in [1.807, 2.05) is 42.5 Å². The molecule has 5 nitrogen and oxygen atoms in total.